The molecule has 0 radical (unpaired) electrons. The Balaban J connectivity index is 1.93. The number of alkyl halides is 2. The molecule has 2 N–H and O–H groups in total. The number of esters is 1. The molecule has 7 nitrogen and oxygen atoms in total. The van der Waals surface area contributed by atoms with Gasteiger partial charge in [-0.1, -0.05) is 42.0 Å². The third-order valence-corrected chi connectivity index (χ3v) is 3.97. The Morgan fingerprint density at radius 3 is 2.33 bits per heavy atom. The summed E-state index contributed by atoms with van der Waals surface area (Å²) in [4.78, 5) is 35.7. The molecule has 2 aromatic rings. The van der Waals surface area contributed by atoms with Crippen LogP contribution < -0.4 is 15.4 Å². The SMILES string of the molecule is CC(=O)NC(CC(=O)OCC(=O)Nc1ccccc1OC(F)F)c1ccc(C)cc1. The number of hydrogen-bond acceptors (Lipinski definition) is 5. The molecule has 0 spiro atoms. The van der Waals surface area contributed by atoms with Crippen molar-refractivity contribution in [3.63, 3.8) is 0 Å². The lowest BCUT2D eigenvalue weighted by Crippen LogP contribution is -2.29. The third kappa shape index (κ3) is 7.50. The molecule has 2 aromatic carbocycles. The van der Waals surface area contributed by atoms with Crippen LogP contribution in [-0.2, 0) is 19.1 Å². The molecule has 0 heterocycles. The van der Waals surface area contributed by atoms with Gasteiger partial charge in [0.05, 0.1) is 18.2 Å². The van der Waals surface area contributed by atoms with Crippen LogP contribution in [0, 0.1) is 6.92 Å². The van der Waals surface area contributed by atoms with Crippen LogP contribution in [0.15, 0.2) is 48.5 Å². The summed E-state index contributed by atoms with van der Waals surface area (Å²) >= 11 is 0. The maximum absolute atomic E-state index is 12.4. The summed E-state index contributed by atoms with van der Waals surface area (Å²) in [5, 5.41) is 5.02. The first-order valence-electron chi connectivity index (χ1n) is 9.07. The number of halogens is 2. The smallest absolute Gasteiger partial charge is 0.387 e. The first kappa shape index (κ1) is 22.8. The highest BCUT2D eigenvalue weighted by Crippen LogP contribution is 2.25. The summed E-state index contributed by atoms with van der Waals surface area (Å²) in [6.45, 7) is -0.427. The molecule has 0 saturated heterocycles. The Bertz CT molecular complexity index is 887. The third-order valence-electron chi connectivity index (χ3n) is 3.97. The number of hydrogen-bond donors (Lipinski definition) is 2. The van der Waals surface area contributed by atoms with Crippen molar-refractivity contribution < 1.29 is 32.6 Å². The van der Waals surface area contributed by atoms with Crippen LogP contribution in [0.3, 0.4) is 0 Å². The molecule has 1 unspecified atom stereocenters. The lowest BCUT2D eigenvalue weighted by molar-refractivity contribution is -0.148. The Hall–Kier alpha value is -3.49. The van der Waals surface area contributed by atoms with Crippen LogP contribution in [0.25, 0.3) is 0 Å². The first-order valence-corrected chi connectivity index (χ1v) is 9.07. The number of rotatable bonds is 9. The van der Waals surface area contributed by atoms with Gasteiger partial charge in [-0.15, -0.1) is 0 Å². The number of ether oxygens (including phenoxy) is 2. The monoisotopic (exact) mass is 420 g/mol. The molecule has 0 aromatic heterocycles. The summed E-state index contributed by atoms with van der Waals surface area (Å²) < 4.78 is 34.1. The summed E-state index contributed by atoms with van der Waals surface area (Å²) in [5.41, 5.74) is 1.76. The molecule has 30 heavy (non-hydrogen) atoms. The second-order valence-corrected chi connectivity index (χ2v) is 6.45. The number of nitrogens with one attached hydrogen (secondary N) is 2. The van der Waals surface area contributed by atoms with Gasteiger partial charge >= 0.3 is 12.6 Å². The summed E-state index contributed by atoms with van der Waals surface area (Å²) in [5.74, 6) is -1.96. The highest BCUT2D eigenvalue weighted by Gasteiger charge is 2.19. The van der Waals surface area contributed by atoms with Gasteiger partial charge in [0.1, 0.15) is 5.75 Å². The maximum Gasteiger partial charge on any atom is 0.387 e. The molecule has 0 bridgehead atoms. The average Bonchev–Trinajstić information content (AvgIpc) is 2.67. The Morgan fingerprint density at radius 2 is 1.70 bits per heavy atom. The van der Waals surface area contributed by atoms with Gasteiger partial charge in [-0.05, 0) is 24.6 Å². The number of carbonyl (C=O) groups is 3. The quantitative estimate of drug-likeness (QED) is 0.607. The highest BCUT2D eigenvalue weighted by atomic mass is 19.3. The van der Waals surface area contributed by atoms with Crippen molar-refractivity contribution in [2.24, 2.45) is 0 Å². The van der Waals surface area contributed by atoms with Crippen molar-refractivity contribution >= 4 is 23.5 Å². The van der Waals surface area contributed by atoms with Crippen LogP contribution in [0.1, 0.15) is 30.5 Å². The number of benzene rings is 2. The van der Waals surface area contributed by atoms with E-state index in [2.05, 4.69) is 15.4 Å². The zero-order valence-electron chi connectivity index (χ0n) is 16.5. The van der Waals surface area contributed by atoms with Crippen LogP contribution in [0.2, 0.25) is 0 Å². The topological polar surface area (TPSA) is 93.7 Å². The molecular weight excluding hydrogens is 398 g/mol. The van der Waals surface area contributed by atoms with E-state index in [0.29, 0.717) is 0 Å². The van der Waals surface area contributed by atoms with Crippen molar-refractivity contribution in [2.75, 3.05) is 11.9 Å². The number of anilines is 1. The fourth-order valence-corrected chi connectivity index (χ4v) is 2.62. The minimum atomic E-state index is -3.05. The zero-order chi connectivity index (χ0) is 22.1. The number of carbonyl (C=O) groups excluding carboxylic acids is 3. The Morgan fingerprint density at radius 1 is 1.03 bits per heavy atom. The van der Waals surface area contributed by atoms with Crippen LogP contribution in [0.5, 0.6) is 5.75 Å². The molecule has 2 amide bonds. The van der Waals surface area contributed by atoms with Crippen molar-refractivity contribution in [3.8, 4) is 5.75 Å². The van der Waals surface area contributed by atoms with Gasteiger partial charge in [-0.2, -0.15) is 8.78 Å². The van der Waals surface area contributed by atoms with Crippen molar-refractivity contribution in [2.45, 2.75) is 32.9 Å². The standard InChI is InChI=1S/C21H22F2N2O5/c1-13-7-9-15(10-8-13)17(24-14(2)26)11-20(28)29-12-19(27)25-16-5-3-4-6-18(16)30-21(22)23/h3-10,17,21H,11-12H2,1-2H3,(H,24,26)(H,25,27). The average molecular weight is 420 g/mol. The molecule has 0 aliphatic heterocycles. The van der Waals surface area contributed by atoms with Crippen LogP contribution >= 0.6 is 0 Å². The van der Waals surface area contributed by atoms with E-state index in [9.17, 15) is 23.2 Å². The fraction of sp³-hybridized carbons (Fsp3) is 0.286. The maximum atomic E-state index is 12.4. The molecule has 1 atom stereocenters. The lowest BCUT2D eigenvalue weighted by Gasteiger charge is -2.18. The van der Waals surface area contributed by atoms with E-state index < -0.39 is 31.1 Å². The van der Waals surface area contributed by atoms with Crippen molar-refractivity contribution in [3.05, 3.63) is 59.7 Å². The van der Waals surface area contributed by atoms with E-state index >= 15 is 0 Å². The molecule has 0 fully saturated rings. The molecule has 2 rings (SSSR count). The van der Waals surface area contributed by atoms with E-state index in [1.807, 2.05) is 19.1 Å². The number of aryl methyl sites for hydroxylation is 1. The predicted molar refractivity (Wildman–Crippen MR) is 105 cm³/mol. The minimum absolute atomic E-state index is 0.0228. The number of amides is 2. The van der Waals surface area contributed by atoms with Crippen LogP contribution in [-0.4, -0.2) is 31.0 Å². The van der Waals surface area contributed by atoms with Gasteiger partial charge in [0.15, 0.2) is 6.61 Å². The lowest BCUT2D eigenvalue weighted by atomic mass is 10.0. The first-order chi connectivity index (χ1) is 14.2. The van der Waals surface area contributed by atoms with Gasteiger partial charge in [0, 0.05) is 6.92 Å². The predicted octanol–water partition coefficient (Wildman–Crippen LogP) is 3.35. The van der Waals surface area contributed by atoms with E-state index in [1.54, 1.807) is 12.1 Å². The van der Waals surface area contributed by atoms with Gasteiger partial charge in [0.2, 0.25) is 5.91 Å². The van der Waals surface area contributed by atoms with E-state index in [4.69, 9.17) is 4.74 Å². The molecule has 0 saturated carbocycles. The molecule has 0 aliphatic carbocycles. The van der Waals surface area contributed by atoms with Gasteiger partial charge in [-0.25, -0.2) is 0 Å². The molecule has 160 valence electrons. The largest absolute Gasteiger partial charge is 0.455 e. The summed E-state index contributed by atoms with van der Waals surface area (Å²) in [6.07, 6.45) is -0.180. The van der Waals surface area contributed by atoms with E-state index in [1.165, 1.54) is 31.2 Å². The van der Waals surface area contributed by atoms with E-state index in [0.717, 1.165) is 11.1 Å². The fourth-order valence-electron chi connectivity index (χ4n) is 2.62. The van der Waals surface area contributed by atoms with Crippen molar-refractivity contribution in [1.29, 1.82) is 0 Å². The van der Waals surface area contributed by atoms with Gasteiger partial charge in [0.25, 0.3) is 5.91 Å². The summed E-state index contributed by atoms with van der Waals surface area (Å²) in [7, 11) is 0. The van der Waals surface area contributed by atoms with Gasteiger partial charge in [-0.3, -0.25) is 14.4 Å². The second kappa shape index (κ2) is 10.9. The zero-order valence-corrected chi connectivity index (χ0v) is 16.5. The number of para-hydroxylation sites is 2. The second-order valence-electron chi connectivity index (χ2n) is 6.45. The molecule has 0 aliphatic rings. The van der Waals surface area contributed by atoms with Crippen LogP contribution in [0.4, 0.5) is 14.5 Å². The molecule has 9 heteroatoms. The Labute approximate surface area is 172 Å². The van der Waals surface area contributed by atoms with Gasteiger partial charge < -0.3 is 20.1 Å². The highest BCUT2D eigenvalue weighted by molar-refractivity contribution is 5.94. The van der Waals surface area contributed by atoms with Crippen molar-refractivity contribution in [1.82, 2.24) is 5.32 Å². The molecular formula is C21H22F2N2O5. The Kier molecular flexibility index (Phi) is 8.28. The normalized spacial score (nSPS) is 11.5. The van der Waals surface area contributed by atoms with E-state index in [-0.39, 0.29) is 23.8 Å². The minimum Gasteiger partial charge on any atom is -0.455 e. The summed E-state index contributed by atoms with van der Waals surface area (Å²) in [6, 6.07) is 12.3.